The Hall–Kier alpha value is -3.14. The molecular weight excluding hydrogens is 407 g/mol. The standard InChI is InChI=1S/C21H24F3N7/c22-21(23,24)16-4-2-14(3-5-16)17(12-25)15-6-10-30(11-7-15)20-18(19(26)27-13-28-20)31-9-1-8-29-31/h1-5,8-9,13,15,17H,6-7,10-12,25H2,(H2,26,27,28). The van der Waals surface area contributed by atoms with Crippen molar-refractivity contribution in [3.63, 3.8) is 0 Å². The van der Waals surface area contributed by atoms with Crippen molar-refractivity contribution in [2.45, 2.75) is 24.9 Å². The molecule has 4 N–H and O–H groups in total. The molecule has 1 atom stereocenters. The number of hydrogen-bond acceptors (Lipinski definition) is 6. The SMILES string of the molecule is NCC(c1ccc(C(F)(F)F)cc1)C1CCN(c2ncnc(N)c2-n2cccn2)CC1. The second-order valence-electron chi connectivity index (χ2n) is 7.67. The van der Waals surface area contributed by atoms with Crippen LogP contribution in [0.15, 0.2) is 49.1 Å². The van der Waals surface area contributed by atoms with Crippen molar-refractivity contribution in [3.8, 4) is 5.69 Å². The van der Waals surface area contributed by atoms with Crippen LogP contribution < -0.4 is 16.4 Å². The quantitative estimate of drug-likeness (QED) is 0.644. The van der Waals surface area contributed by atoms with Crippen LogP contribution in [0.25, 0.3) is 5.69 Å². The fourth-order valence-corrected chi connectivity index (χ4v) is 4.27. The second kappa shape index (κ2) is 8.54. The Morgan fingerprint density at radius 3 is 2.39 bits per heavy atom. The number of anilines is 2. The molecule has 2 aromatic heterocycles. The first-order valence-electron chi connectivity index (χ1n) is 10.1. The number of rotatable bonds is 5. The third-order valence-corrected chi connectivity index (χ3v) is 5.89. The third kappa shape index (κ3) is 4.34. The van der Waals surface area contributed by atoms with E-state index < -0.39 is 11.7 Å². The van der Waals surface area contributed by atoms with Gasteiger partial charge in [-0.25, -0.2) is 14.6 Å². The number of piperidine rings is 1. The summed E-state index contributed by atoms with van der Waals surface area (Å²) in [5.74, 6) is 1.34. The van der Waals surface area contributed by atoms with Crippen molar-refractivity contribution in [1.82, 2.24) is 19.7 Å². The van der Waals surface area contributed by atoms with Crippen LogP contribution in [0, 0.1) is 5.92 Å². The first-order valence-corrected chi connectivity index (χ1v) is 10.1. The van der Waals surface area contributed by atoms with Gasteiger partial charge in [0.05, 0.1) is 5.56 Å². The van der Waals surface area contributed by atoms with E-state index in [-0.39, 0.29) is 11.8 Å². The maximum Gasteiger partial charge on any atom is 0.416 e. The Labute approximate surface area is 177 Å². The maximum atomic E-state index is 12.9. The summed E-state index contributed by atoms with van der Waals surface area (Å²) in [6.07, 6.45) is 2.23. The fourth-order valence-electron chi connectivity index (χ4n) is 4.27. The Kier molecular flexibility index (Phi) is 5.81. The van der Waals surface area contributed by atoms with Crippen LogP contribution in [0.4, 0.5) is 24.8 Å². The molecule has 0 spiro atoms. The van der Waals surface area contributed by atoms with Crippen molar-refractivity contribution >= 4 is 11.6 Å². The van der Waals surface area contributed by atoms with Crippen LogP contribution in [-0.2, 0) is 6.18 Å². The average molecular weight is 431 g/mol. The molecule has 1 unspecified atom stereocenters. The molecule has 0 radical (unpaired) electrons. The van der Waals surface area contributed by atoms with Crippen molar-refractivity contribution in [1.29, 1.82) is 0 Å². The highest BCUT2D eigenvalue weighted by Gasteiger charge is 2.32. The van der Waals surface area contributed by atoms with Gasteiger partial charge in [-0.3, -0.25) is 0 Å². The molecule has 31 heavy (non-hydrogen) atoms. The van der Waals surface area contributed by atoms with Crippen LogP contribution >= 0.6 is 0 Å². The minimum Gasteiger partial charge on any atom is -0.382 e. The summed E-state index contributed by atoms with van der Waals surface area (Å²) in [6.45, 7) is 1.84. The van der Waals surface area contributed by atoms with Crippen LogP contribution in [0.3, 0.4) is 0 Å². The van der Waals surface area contributed by atoms with Gasteiger partial charge < -0.3 is 16.4 Å². The van der Waals surface area contributed by atoms with Crippen LogP contribution in [0.1, 0.15) is 29.9 Å². The molecule has 1 fully saturated rings. The highest BCUT2D eigenvalue weighted by Crippen LogP contribution is 2.36. The van der Waals surface area contributed by atoms with Crippen LogP contribution in [-0.4, -0.2) is 39.4 Å². The summed E-state index contributed by atoms with van der Waals surface area (Å²) >= 11 is 0. The van der Waals surface area contributed by atoms with Gasteiger partial charge in [-0.2, -0.15) is 18.3 Å². The molecule has 4 rings (SSSR count). The smallest absolute Gasteiger partial charge is 0.382 e. The number of benzene rings is 1. The van der Waals surface area contributed by atoms with Gasteiger partial charge >= 0.3 is 6.18 Å². The van der Waals surface area contributed by atoms with Gasteiger partial charge in [0.2, 0.25) is 0 Å². The minimum absolute atomic E-state index is 0.00508. The highest BCUT2D eigenvalue weighted by atomic mass is 19.4. The summed E-state index contributed by atoms with van der Waals surface area (Å²) in [5.41, 5.74) is 13.0. The van der Waals surface area contributed by atoms with E-state index in [9.17, 15) is 13.2 Å². The average Bonchev–Trinajstić information content (AvgIpc) is 3.29. The molecule has 10 heteroatoms. The molecule has 1 aromatic carbocycles. The van der Waals surface area contributed by atoms with Gasteiger partial charge in [-0.15, -0.1) is 0 Å². The molecule has 1 aliphatic heterocycles. The monoisotopic (exact) mass is 431 g/mol. The van der Waals surface area contributed by atoms with Gasteiger partial charge in [0, 0.05) is 25.5 Å². The number of halogens is 3. The summed E-state index contributed by atoms with van der Waals surface area (Å²) in [6, 6.07) is 7.17. The number of nitrogens with two attached hydrogens (primary N) is 2. The van der Waals surface area contributed by atoms with E-state index >= 15 is 0 Å². The first-order chi connectivity index (χ1) is 14.9. The Bertz CT molecular complexity index is 995. The fraction of sp³-hybridized carbons (Fsp3) is 0.381. The highest BCUT2D eigenvalue weighted by molar-refractivity contribution is 5.67. The molecule has 0 amide bonds. The van der Waals surface area contributed by atoms with Crippen molar-refractivity contribution in [2.75, 3.05) is 30.3 Å². The van der Waals surface area contributed by atoms with Gasteiger partial charge in [0.25, 0.3) is 0 Å². The first kappa shape index (κ1) is 21.1. The summed E-state index contributed by atoms with van der Waals surface area (Å²) in [4.78, 5) is 10.7. The van der Waals surface area contributed by atoms with Gasteiger partial charge in [-0.1, -0.05) is 12.1 Å². The molecule has 1 saturated heterocycles. The van der Waals surface area contributed by atoms with Crippen molar-refractivity contribution < 1.29 is 13.2 Å². The summed E-state index contributed by atoms with van der Waals surface area (Å²) < 4.78 is 40.3. The molecule has 1 aliphatic rings. The van der Waals surface area contributed by atoms with E-state index in [0.29, 0.717) is 23.9 Å². The zero-order valence-electron chi connectivity index (χ0n) is 16.8. The van der Waals surface area contributed by atoms with E-state index in [1.54, 1.807) is 35.3 Å². The number of aromatic nitrogens is 4. The molecular formula is C21H24F3N7. The van der Waals surface area contributed by atoms with E-state index in [0.717, 1.165) is 43.6 Å². The summed E-state index contributed by atoms with van der Waals surface area (Å²) in [5, 5.41) is 4.26. The van der Waals surface area contributed by atoms with E-state index in [4.69, 9.17) is 11.5 Å². The molecule has 0 bridgehead atoms. The Morgan fingerprint density at radius 2 is 1.81 bits per heavy atom. The van der Waals surface area contributed by atoms with E-state index in [2.05, 4.69) is 20.0 Å². The number of hydrogen-bond donors (Lipinski definition) is 2. The lowest BCUT2D eigenvalue weighted by Gasteiger charge is -2.37. The molecule has 3 aromatic rings. The molecule has 0 aliphatic carbocycles. The molecule has 0 saturated carbocycles. The summed E-state index contributed by atoms with van der Waals surface area (Å²) in [7, 11) is 0. The van der Waals surface area contributed by atoms with E-state index in [1.165, 1.54) is 6.33 Å². The van der Waals surface area contributed by atoms with Gasteiger partial charge in [0.1, 0.15) is 12.0 Å². The molecule has 3 heterocycles. The molecule has 7 nitrogen and oxygen atoms in total. The lowest BCUT2D eigenvalue weighted by atomic mass is 9.80. The third-order valence-electron chi connectivity index (χ3n) is 5.89. The van der Waals surface area contributed by atoms with E-state index in [1.807, 2.05) is 0 Å². The zero-order chi connectivity index (χ0) is 22.0. The van der Waals surface area contributed by atoms with Crippen molar-refractivity contribution in [2.24, 2.45) is 11.7 Å². The zero-order valence-corrected chi connectivity index (χ0v) is 16.8. The van der Waals surface area contributed by atoms with Crippen LogP contribution in [0.5, 0.6) is 0 Å². The molecule has 164 valence electrons. The number of nitrogen functional groups attached to an aromatic ring is 1. The normalized spacial score (nSPS) is 16.5. The lowest BCUT2D eigenvalue weighted by Crippen LogP contribution is -2.38. The van der Waals surface area contributed by atoms with Gasteiger partial charge in [0.15, 0.2) is 11.6 Å². The second-order valence-corrected chi connectivity index (χ2v) is 7.67. The van der Waals surface area contributed by atoms with Gasteiger partial charge in [-0.05, 0) is 55.0 Å². The van der Waals surface area contributed by atoms with Crippen LogP contribution in [0.2, 0.25) is 0 Å². The largest absolute Gasteiger partial charge is 0.416 e. The maximum absolute atomic E-state index is 12.9. The Balaban J connectivity index is 1.49. The van der Waals surface area contributed by atoms with Crippen molar-refractivity contribution in [3.05, 3.63) is 60.2 Å². The Morgan fingerprint density at radius 1 is 1.10 bits per heavy atom. The predicted octanol–water partition coefficient (Wildman–Crippen LogP) is 3.22. The topological polar surface area (TPSA) is 98.9 Å². The lowest BCUT2D eigenvalue weighted by molar-refractivity contribution is -0.137. The number of alkyl halides is 3. The predicted molar refractivity (Wildman–Crippen MR) is 112 cm³/mol. The number of nitrogens with zero attached hydrogens (tertiary/aromatic N) is 5. The minimum atomic E-state index is -4.34.